The number of hydrogen-bond donors (Lipinski definition) is 1. The fourth-order valence-corrected chi connectivity index (χ4v) is 2.36. The molecule has 1 unspecified atom stereocenters. The minimum absolute atomic E-state index is 0.0510. The number of ether oxygens (including phenoxy) is 2. The average Bonchev–Trinajstić information content (AvgIpc) is 2.53. The molecule has 0 aliphatic carbocycles. The molecule has 5 heteroatoms. The van der Waals surface area contributed by atoms with Crippen LogP contribution in [-0.4, -0.2) is 32.3 Å². The van der Waals surface area contributed by atoms with Crippen molar-refractivity contribution in [3.05, 3.63) is 40.5 Å². The van der Waals surface area contributed by atoms with E-state index >= 15 is 0 Å². The van der Waals surface area contributed by atoms with E-state index in [0.717, 1.165) is 35.1 Å². The molecule has 114 valence electrons. The summed E-state index contributed by atoms with van der Waals surface area (Å²) in [6.07, 6.45) is 6.60. The SMILES string of the molecule is NC=C(C=NCCOC1CCCCO1)c1ccc(Br)cc1. The van der Waals surface area contributed by atoms with E-state index in [1.807, 2.05) is 24.3 Å². The van der Waals surface area contributed by atoms with Crippen LogP contribution < -0.4 is 5.73 Å². The summed E-state index contributed by atoms with van der Waals surface area (Å²) >= 11 is 3.41. The van der Waals surface area contributed by atoms with Crippen molar-refractivity contribution in [3.8, 4) is 0 Å². The van der Waals surface area contributed by atoms with Gasteiger partial charge in [-0.05, 0) is 37.0 Å². The van der Waals surface area contributed by atoms with Crippen LogP contribution in [0.1, 0.15) is 24.8 Å². The zero-order valence-electron chi connectivity index (χ0n) is 12.0. The molecule has 21 heavy (non-hydrogen) atoms. The Morgan fingerprint density at radius 3 is 2.86 bits per heavy atom. The van der Waals surface area contributed by atoms with Gasteiger partial charge in [0.1, 0.15) is 0 Å². The quantitative estimate of drug-likeness (QED) is 0.630. The molecule has 1 aliphatic heterocycles. The third-order valence-corrected chi connectivity index (χ3v) is 3.78. The van der Waals surface area contributed by atoms with Crippen LogP contribution in [-0.2, 0) is 9.47 Å². The molecule has 0 aromatic heterocycles. The normalized spacial score (nSPS) is 20.0. The first kappa shape index (κ1) is 16.2. The van der Waals surface area contributed by atoms with E-state index < -0.39 is 0 Å². The second kappa shape index (κ2) is 8.97. The Labute approximate surface area is 134 Å². The largest absolute Gasteiger partial charge is 0.404 e. The highest BCUT2D eigenvalue weighted by Crippen LogP contribution is 2.16. The van der Waals surface area contributed by atoms with Crippen molar-refractivity contribution < 1.29 is 9.47 Å². The van der Waals surface area contributed by atoms with Gasteiger partial charge in [-0.2, -0.15) is 0 Å². The Hall–Kier alpha value is -1.17. The van der Waals surface area contributed by atoms with Crippen molar-refractivity contribution >= 4 is 27.7 Å². The summed E-state index contributed by atoms with van der Waals surface area (Å²) < 4.78 is 12.2. The monoisotopic (exact) mass is 352 g/mol. The number of rotatable bonds is 6. The molecular formula is C16H21BrN2O2. The summed E-state index contributed by atoms with van der Waals surface area (Å²) in [7, 11) is 0. The van der Waals surface area contributed by atoms with Gasteiger partial charge >= 0.3 is 0 Å². The Morgan fingerprint density at radius 2 is 2.19 bits per heavy atom. The molecule has 0 bridgehead atoms. The van der Waals surface area contributed by atoms with Crippen LogP contribution in [0.2, 0.25) is 0 Å². The zero-order chi connectivity index (χ0) is 14.9. The number of nitrogens with zero attached hydrogens (tertiary/aromatic N) is 1. The third-order valence-electron chi connectivity index (χ3n) is 3.25. The molecule has 1 atom stereocenters. The lowest BCUT2D eigenvalue weighted by atomic mass is 10.1. The number of hydrogen-bond acceptors (Lipinski definition) is 4. The van der Waals surface area contributed by atoms with Gasteiger partial charge < -0.3 is 15.2 Å². The van der Waals surface area contributed by atoms with Gasteiger partial charge in [0, 0.05) is 29.1 Å². The molecule has 4 nitrogen and oxygen atoms in total. The molecule has 1 fully saturated rings. The van der Waals surface area contributed by atoms with Gasteiger partial charge in [0.2, 0.25) is 0 Å². The summed E-state index contributed by atoms with van der Waals surface area (Å²) in [6, 6.07) is 7.97. The van der Waals surface area contributed by atoms with Gasteiger partial charge in [-0.25, -0.2) is 0 Å². The summed E-state index contributed by atoms with van der Waals surface area (Å²) in [6.45, 7) is 1.98. The fraction of sp³-hybridized carbons (Fsp3) is 0.438. The van der Waals surface area contributed by atoms with Crippen LogP contribution in [0.5, 0.6) is 0 Å². The maximum atomic E-state index is 5.66. The summed E-state index contributed by atoms with van der Waals surface area (Å²) in [4.78, 5) is 4.36. The molecular weight excluding hydrogens is 332 g/mol. The van der Waals surface area contributed by atoms with Crippen LogP contribution in [0.25, 0.3) is 5.57 Å². The minimum Gasteiger partial charge on any atom is -0.404 e. The standard InChI is InChI=1S/C16H21BrN2O2/c17-15-6-4-13(5-7-15)14(11-18)12-19-8-10-21-16-3-1-2-9-20-16/h4-7,11-12,16H,1-3,8-10,18H2. The van der Waals surface area contributed by atoms with Crippen LogP contribution in [0.15, 0.2) is 39.9 Å². The lowest BCUT2D eigenvalue weighted by Gasteiger charge is -2.22. The molecule has 1 aromatic rings. The number of aliphatic imine (C=N–C) groups is 1. The number of benzene rings is 1. The van der Waals surface area contributed by atoms with Crippen molar-refractivity contribution in [1.29, 1.82) is 0 Å². The fourth-order valence-electron chi connectivity index (χ4n) is 2.10. The van der Waals surface area contributed by atoms with Gasteiger partial charge in [0.05, 0.1) is 13.2 Å². The highest BCUT2D eigenvalue weighted by Gasteiger charge is 2.13. The van der Waals surface area contributed by atoms with Gasteiger partial charge in [-0.3, -0.25) is 4.99 Å². The molecule has 1 saturated heterocycles. The molecule has 0 saturated carbocycles. The van der Waals surface area contributed by atoms with Crippen molar-refractivity contribution in [3.63, 3.8) is 0 Å². The Kier molecular flexibility index (Phi) is 6.92. The molecule has 0 radical (unpaired) electrons. The highest BCUT2D eigenvalue weighted by atomic mass is 79.9. The first-order valence-corrected chi connectivity index (χ1v) is 8.00. The van der Waals surface area contributed by atoms with E-state index in [0.29, 0.717) is 13.2 Å². The second-order valence-electron chi connectivity index (χ2n) is 4.83. The van der Waals surface area contributed by atoms with E-state index in [1.165, 1.54) is 6.42 Å². The van der Waals surface area contributed by atoms with Gasteiger partial charge in [-0.15, -0.1) is 0 Å². The summed E-state index contributed by atoms with van der Waals surface area (Å²) in [5, 5.41) is 0. The molecule has 2 rings (SSSR count). The Bertz CT molecular complexity index is 480. The predicted octanol–water partition coefficient (Wildman–Crippen LogP) is 3.36. The molecule has 1 heterocycles. The second-order valence-corrected chi connectivity index (χ2v) is 5.75. The molecule has 1 aromatic carbocycles. The molecule has 2 N–H and O–H groups in total. The van der Waals surface area contributed by atoms with E-state index in [9.17, 15) is 0 Å². The molecule has 1 aliphatic rings. The summed E-state index contributed by atoms with van der Waals surface area (Å²) in [5.74, 6) is 0. The highest BCUT2D eigenvalue weighted by molar-refractivity contribution is 9.10. The molecule has 0 spiro atoms. The minimum atomic E-state index is -0.0510. The summed E-state index contributed by atoms with van der Waals surface area (Å²) in [5.41, 5.74) is 7.60. The smallest absolute Gasteiger partial charge is 0.157 e. The first-order chi connectivity index (χ1) is 10.3. The Morgan fingerprint density at radius 1 is 1.38 bits per heavy atom. The van der Waals surface area contributed by atoms with Crippen molar-refractivity contribution in [1.82, 2.24) is 0 Å². The topological polar surface area (TPSA) is 56.8 Å². The zero-order valence-corrected chi connectivity index (χ0v) is 13.6. The Balaban J connectivity index is 1.75. The van der Waals surface area contributed by atoms with Crippen LogP contribution in [0.4, 0.5) is 0 Å². The van der Waals surface area contributed by atoms with E-state index in [-0.39, 0.29) is 6.29 Å². The maximum absolute atomic E-state index is 5.66. The maximum Gasteiger partial charge on any atom is 0.157 e. The first-order valence-electron chi connectivity index (χ1n) is 7.20. The van der Waals surface area contributed by atoms with Gasteiger partial charge in [0.25, 0.3) is 0 Å². The average molecular weight is 353 g/mol. The van der Waals surface area contributed by atoms with Crippen LogP contribution in [0, 0.1) is 0 Å². The van der Waals surface area contributed by atoms with E-state index in [4.69, 9.17) is 15.2 Å². The van der Waals surface area contributed by atoms with E-state index in [1.54, 1.807) is 12.4 Å². The lowest BCUT2D eigenvalue weighted by Crippen LogP contribution is -2.23. The molecule has 0 amide bonds. The van der Waals surface area contributed by atoms with Crippen molar-refractivity contribution in [2.75, 3.05) is 19.8 Å². The van der Waals surface area contributed by atoms with Crippen LogP contribution in [0.3, 0.4) is 0 Å². The number of halogens is 1. The third kappa shape index (κ3) is 5.61. The van der Waals surface area contributed by atoms with Gasteiger partial charge in [0.15, 0.2) is 6.29 Å². The number of allylic oxidation sites excluding steroid dienone is 1. The van der Waals surface area contributed by atoms with E-state index in [2.05, 4.69) is 20.9 Å². The van der Waals surface area contributed by atoms with Crippen LogP contribution >= 0.6 is 15.9 Å². The van der Waals surface area contributed by atoms with Gasteiger partial charge in [-0.1, -0.05) is 28.1 Å². The van der Waals surface area contributed by atoms with Crippen molar-refractivity contribution in [2.24, 2.45) is 10.7 Å². The lowest BCUT2D eigenvalue weighted by molar-refractivity contribution is -0.160. The van der Waals surface area contributed by atoms with Crippen molar-refractivity contribution in [2.45, 2.75) is 25.6 Å². The predicted molar refractivity (Wildman–Crippen MR) is 89.2 cm³/mol. The number of nitrogens with two attached hydrogens (primary N) is 1.